The molecule has 14 heavy (non-hydrogen) atoms. The molecule has 0 amide bonds. The van der Waals surface area contributed by atoms with Gasteiger partial charge in [-0.3, -0.25) is 10.1 Å². The molecule has 0 saturated carbocycles. The van der Waals surface area contributed by atoms with Gasteiger partial charge in [0.15, 0.2) is 5.13 Å². The van der Waals surface area contributed by atoms with E-state index in [1.165, 1.54) is 6.20 Å². The molecule has 0 saturated heterocycles. The van der Waals surface area contributed by atoms with Crippen molar-refractivity contribution in [1.82, 2.24) is 4.98 Å². The molecule has 0 fully saturated rings. The maximum Gasteiger partial charge on any atom is 0.345 e. The molecule has 1 aromatic rings. The van der Waals surface area contributed by atoms with Gasteiger partial charge in [-0.1, -0.05) is 0 Å². The summed E-state index contributed by atoms with van der Waals surface area (Å²) in [6.45, 7) is 2.45. The Morgan fingerprint density at radius 3 is 3.07 bits per heavy atom. The fourth-order valence-corrected chi connectivity index (χ4v) is 1.66. The first kappa shape index (κ1) is 10.9. The van der Waals surface area contributed by atoms with E-state index in [4.69, 9.17) is 4.74 Å². The molecule has 1 heterocycles. The summed E-state index contributed by atoms with van der Waals surface area (Å²) in [5.74, 6) is 0. The van der Waals surface area contributed by atoms with Crippen LogP contribution in [0.1, 0.15) is 6.92 Å². The predicted octanol–water partition coefficient (Wildman–Crippen LogP) is 1.50. The number of rotatable bonds is 5. The van der Waals surface area contributed by atoms with Gasteiger partial charge >= 0.3 is 5.00 Å². The van der Waals surface area contributed by atoms with Crippen LogP contribution >= 0.6 is 11.3 Å². The Bertz CT molecular complexity index is 315. The fraction of sp³-hybridized carbons (Fsp3) is 0.571. The summed E-state index contributed by atoms with van der Waals surface area (Å²) in [7, 11) is 1.60. The Hall–Kier alpha value is -1.21. The minimum atomic E-state index is -0.455. The number of nitro groups is 1. The molecule has 78 valence electrons. The molecule has 0 bridgehead atoms. The summed E-state index contributed by atoms with van der Waals surface area (Å²) in [6, 6.07) is 0.0887. The number of thiazole rings is 1. The fourth-order valence-electron chi connectivity index (χ4n) is 0.919. The average molecular weight is 217 g/mol. The molecule has 0 aromatic carbocycles. The van der Waals surface area contributed by atoms with Gasteiger partial charge in [-0.2, -0.15) is 0 Å². The van der Waals surface area contributed by atoms with Gasteiger partial charge in [-0.15, -0.1) is 0 Å². The second kappa shape index (κ2) is 4.87. The summed E-state index contributed by atoms with van der Waals surface area (Å²) in [5.41, 5.74) is 0. The molecular formula is C7H11N3O3S. The zero-order valence-electron chi connectivity index (χ0n) is 7.89. The number of hydrogen-bond donors (Lipinski definition) is 1. The van der Waals surface area contributed by atoms with E-state index in [1.807, 2.05) is 6.92 Å². The maximum absolute atomic E-state index is 10.3. The molecule has 0 aliphatic carbocycles. The van der Waals surface area contributed by atoms with Crippen LogP contribution in [0.5, 0.6) is 0 Å². The van der Waals surface area contributed by atoms with Crippen LogP contribution in [0.25, 0.3) is 0 Å². The number of anilines is 1. The Labute approximate surface area is 85.1 Å². The van der Waals surface area contributed by atoms with Crippen molar-refractivity contribution >= 4 is 21.5 Å². The van der Waals surface area contributed by atoms with Crippen molar-refractivity contribution in [2.24, 2.45) is 0 Å². The van der Waals surface area contributed by atoms with Crippen LogP contribution < -0.4 is 5.32 Å². The van der Waals surface area contributed by atoms with Crippen LogP contribution in [0.2, 0.25) is 0 Å². The standard InChI is InChI=1S/C7H11N3O3S/c1-5(4-13-2)9-7-8-3-6(14-7)10(11)12/h3,5H,4H2,1-2H3,(H,8,9). The summed E-state index contributed by atoms with van der Waals surface area (Å²) < 4.78 is 4.91. The first-order valence-electron chi connectivity index (χ1n) is 3.99. The molecule has 1 unspecified atom stereocenters. The third-order valence-electron chi connectivity index (χ3n) is 1.46. The lowest BCUT2D eigenvalue weighted by molar-refractivity contribution is -0.380. The van der Waals surface area contributed by atoms with E-state index >= 15 is 0 Å². The molecule has 1 N–H and O–H groups in total. The molecule has 1 aromatic heterocycles. The quantitative estimate of drug-likeness (QED) is 0.597. The van der Waals surface area contributed by atoms with Crippen LogP contribution in [0.4, 0.5) is 10.1 Å². The van der Waals surface area contributed by atoms with Gasteiger partial charge in [0.05, 0.1) is 11.5 Å². The Kier molecular flexibility index (Phi) is 3.78. The van der Waals surface area contributed by atoms with E-state index in [0.717, 1.165) is 11.3 Å². The van der Waals surface area contributed by atoms with Crippen molar-refractivity contribution in [2.45, 2.75) is 13.0 Å². The van der Waals surface area contributed by atoms with E-state index in [-0.39, 0.29) is 11.0 Å². The summed E-state index contributed by atoms with van der Waals surface area (Å²) >= 11 is 1.02. The molecular weight excluding hydrogens is 206 g/mol. The third kappa shape index (κ3) is 2.93. The second-order valence-corrected chi connectivity index (χ2v) is 3.77. The van der Waals surface area contributed by atoms with Crippen LogP contribution in [0.15, 0.2) is 6.20 Å². The molecule has 0 spiro atoms. The van der Waals surface area contributed by atoms with Gasteiger partial charge in [0.2, 0.25) is 0 Å². The average Bonchev–Trinajstić information content (AvgIpc) is 2.53. The Morgan fingerprint density at radius 2 is 2.57 bits per heavy atom. The highest BCUT2D eigenvalue weighted by molar-refractivity contribution is 7.18. The SMILES string of the molecule is COCC(C)Nc1ncc([N+](=O)[O-])s1. The van der Waals surface area contributed by atoms with E-state index in [0.29, 0.717) is 11.7 Å². The third-order valence-corrected chi connectivity index (χ3v) is 2.34. The van der Waals surface area contributed by atoms with Crippen LogP contribution in [-0.4, -0.2) is 29.7 Å². The first-order chi connectivity index (χ1) is 6.63. The minimum Gasteiger partial charge on any atom is -0.383 e. The van der Waals surface area contributed by atoms with E-state index < -0.39 is 4.92 Å². The van der Waals surface area contributed by atoms with Crippen LogP contribution in [0, 0.1) is 10.1 Å². The topological polar surface area (TPSA) is 77.3 Å². The Balaban J connectivity index is 2.55. The second-order valence-electron chi connectivity index (χ2n) is 2.76. The molecule has 1 atom stereocenters. The van der Waals surface area contributed by atoms with Gasteiger partial charge < -0.3 is 10.1 Å². The normalized spacial score (nSPS) is 12.4. The highest BCUT2D eigenvalue weighted by Crippen LogP contribution is 2.25. The Morgan fingerprint density at radius 1 is 1.86 bits per heavy atom. The smallest absolute Gasteiger partial charge is 0.345 e. The monoisotopic (exact) mass is 217 g/mol. The van der Waals surface area contributed by atoms with Crippen molar-refractivity contribution in [3.63, 3.8) is 0 Å². The van der Waals surface area contributed by atoms with Crippen molar-refractivity contribution in [1.29, 1.82) is 0 Å². The van der Waals surface area contributed by atoms with E-state index in [2.05, 4.69) is 10.3 Å². The molecule has 7 heteroatoms. The van der Waals surface area contributed by atoms with Crippen molar-refractivity contribution < 1.29 is 9.66 Å². The van der Waals surface area contributed by atoms with Crippen molar-refractivity contribution in [2.75, 3.05) is 19.0 Å². The molecule has 1 rings (SSSR count). The van der Waals surface area contributed by atoms with Crippen LogP contribution in [0.3, 0.4) is 0 Å². The van der Waals surface area contributed by atoms with Crippen LogP contribution in [-0.2, 0) is 4.74 Å². The highest BCUT2D eigenvalue weighted by atomic mass is 32.1. The summed E-state index contributed by atoms with van der Waals surface area (Å²) in [6.07, 6.45) is 1.24. The van der Waals surface area contributed by atoms with Gasteiger partial charge in [0, 0.05) is 13.2 Å². The van der Waals surface area contributed by atoms with Gasteiger partial charge in [0.1, 0.15) is 6.20 Å². The van der Waals surface area contributed by atoms with Gasteiger partial charge in [0.25, 0.3) is 0 Å². The van der Waals surface area contributed by atoms with E-state index in [9.17, 15) is 10.1 Å². The largest absolute Gasteiger partial charge is 0.383 e. The number of hydrogen-bond acceptors (Lipinski definition) is 6. The lowest BCUT2D eigenvalue weighted by atomic mass is 10.4. The minimum absolute atomic E-state index is 0.0390. The zero-order valence-corrected chi connectivity index (χ0v) is 8.71. The molecule has 0 aliphatic heterocycles. The van der Waals surface area contributed by atoms with Gasteiger partial charge in [-0.05, 0) is 18.3 Å². The number of aromatic nitrogens is 1. The first-order valence-corrected chi connectivity index (χ1v) is 4.81. The summed E-state index contributed by atoms with van der Waals surface area (Å²) in [4.78, 5) is 13.8. The number of nitrogens with zero attached hydrogens (tertiary/aromatic N) is 2. The maximum atomic E-state index is 10.3. The van der Waals surface area contributed by atoms with Crippen molar-refractivity contribution in [3.05, 3.63) is 16.3 Å². The zero-order chi connectivity index (χ0) is 10.6. The van der Waals surface area contributed by atoms with Crippen molar-refractivity contribution in [3.8, 4) is 0 Å². The lowest BCUT2D eigenvalue weighted by Crippen LogP contribution is -2.20. The number of methoxy groups -OCH3 is 1. The van der Waals surface area contributed by atoms with Gasteiger partial charge in [-0.25, -0.2) is 4.98 Å². The number of ether oxygens (including phenoxy) is 1. The number of nitrogens with one attached hydrogen (secondary N) is 1. The molecule has 0 aliphatic rings. The molecule has 6 nitrogen and oxygen atoms in total. The predicted molar refractivity (Wildman–Crippen MR) is 53.7 cm³/mol. The molecule has 0 radical (unpaired) electrons. The lowest BCUT2D eigenvalue weighted by Gasteiger charge is -2.10. The highest BCUT2D eigenvalue weighted by Gasteiger charge is 2.12. The summed E-state index contributed by atoms with van der Waals surface area (Å²) in [5, 5.41) is 13.9. The van der Waals surface area contributed by atoms with E-state index in [1.54, 1.807) is 7.11 Å².